The molecule has 0 atom stereocenters. The summed E-state index contributed by atoms with van der Waals surface area (Å²) in [5.74, 6) is -0.820. The summed E-state index contributed by atoms with van der Waals surface area (Å²) in [7, 11) is 0. The van der Waals surface area contributed by atoms with Crippen LogP contribution in [0.4, 0.5) is 0 Å². The van der Waals surface area contributed by atoms with E-state index in [2.05, 4.69) is 15.9 Å². The maximum absolute atomic E-state index is 12.1. The molecule has 0 bridgehead atoms. The second-order valence-corrected chi connectivity index (χ2v) is 4.70. The number of nitrogens with zero attached hydrogens (tertiary/aromatic N) is 1. The molecule has 4 nitrogen and oxygen atoms in total. The first-order valence-corrected chi connectivity index (χ1v) is 6.15. The number of likely N-dealkylation sites (N-methyl/N-ethyl adjacent to an activating group) is 1. The summed E-state index contributed by atoms with van der Waals surface area (Å²) in [5, 5.41) is 0.465. The minimum absolute atomic E-state index is 0.103. The third kappa shape index (κ3) is 3.71. The molecule has 17 heavy (non-hydrogen) atoms. The number of carbonyl (C=O) groups excluding carboxylic acids is 2. The van der Waals surface area contributed by atoms with Crippen molar-refractivity contribution in [2.24, 2.45) is 5.73 Å². The molecule has 2 amide bonds. The van der Waals surface area contributed by atoms with Gasteiger partial charge in [-0.2, -0.15) is 0 Å². The molecule has 1 aromatic rings. The predicted molar refractivity (Wildman–Crippen MR) is 69.9 cm³/mol. The Kier molecular flexibility index (Phi) is 4.96. The van der Waals surface area contributed by atoms with Gasteiger partial charge in [-0.1, -0.05) is 11.6 Å². The number of benzene rings is 1. The SMILES string of the molecule is CCN(CC(N)=O)C(=O)c1cc(Cl)ccc1Br. The van der Waals surface area contributed by atoms with E-state index in [0.717, 1.165) is 0 Å². The molecule has 0 heterocycles. The highest BCUT2D eigenvalue weighted by molar-refractivity contribution is 9.10. The number of hydrogen-bond acceptors (Lipinski definition) is 2. The van der Waals surface area contributed by atoms with Crippen LogP contribution in [-0.4, -0.2) is 29.8 Å². The van der Waals surface area contributed by atoms with E-state index >= 15 is 0 Å². The molecule has 0 spiro atoms. The van der Waals surface area contributed by atoms with Gasteiger partial charge in [-0.15, -0.1) is 0 Å². The normalized spacial score (nSPS) is 10.1. The summed E-state index contributed by atoms with van der Waals surface area (Å²) >= 11 is 9.10. The largest absolute Gasteiger partial charge is 0.368 e. The zero-order chi connectivity index (χ0) is 13.0. The van der Waals surface area contributed by atoms with Crippen molar-refractivity contribution in [1.29, 1.82) is 0 Å². The van der Waals surface area contributed by atoms with Gasteiger partial charge in [-0.3, -0.25) is 9.59 Å². The van der Waals surface area contributed by atoms with Crippen LogP contribution < -0.4 is 5.73 Å². The number of amides is 2. The van der Waals surface area contributed by atoms with Gasteiger partial charge in [0, 0.05) is 16.0 Å². The van der Waals surface area contributed by atoms with Crippen molar-refractivity contribution >= 4 is 39.3 Å². The van der Waals surface area contributed by atoms with Gasteiger partial charge in [0.25, 0.3) is 5.91 Å². The Morgan fingerprint density at radius 3 is 2.65 bits per heavy atom. The summed E-state index contributed by atoms with van der Waals surface area (Å²) in [6.45, 7) is 2.08. The molecule has 0 radical (unpaired) electrons. The highest BCUT2D eigenvalue weighted by atomic mass is 79.9. The molecule has 0 saturated heterocycles. The Hall–Kier alpha value is -1.07. The molecule has 6 heteroatoms. The van der Waals surface area contributed by atoms with Crippen molar-refractivity contribution in [2.75, 3.05) is 13.1 Å². The monoisotopic (exact) mass is 318 g/mol. The summed E-state index contributed by atoms with van der Waals surface area (Å²) < 4.78 is 0.634. The van der Waals surface area contributed by atoms with E-state index in [1.165, 1.54) is 4.90 Å². The second-order valence-electron chi connectivity index (χ2n) is 3.41. The quantitative estimate of drug-likeness (QED) is 0.923. The fourth-order valence-electron chi connectivity index (χ4n) is 1.35. The number of nitrogens with two attached hydrogens (primary N) is 1. The molecule has 1 aromatic carbocycles. The van der Waals surface area contributed by atoms with E-state index in [4.69, 9.17) is 17.3 Å². The molecular weight excluding hydrogens is 307 g/mol. The van der Waals surface area contributed by atoms with Crippen LogP contribution in [0.1, 0.15) is 17.3 Å². The third-order valence-corrected chi connectivity index (χ3v) is 3.10. The molecule has 92 valence electrons. The molecule has 0 aliphatic carbocycles. The lowest BCUT2D eigenvalue weighted by Crippen LogP contribution is -2.38. The first-order valence-electron chi connectivity index (χ1n) is 4.98. The molecule has 1 rings (SSSR count). The van der Waals surface area contributed by atoms with Crippen LogP contribution in [0, 0.1) is 0 Å². The fourth-order valence-corrected chi connectivity index (χ4v) is 1.94. The lowest BCUT2D eigenvalue weighted by molar-refractivity contribution is -0.118. The zero-order valence-electron chi connectivity index (χ0n) is 9.24. The van der Waals surface area contributed by atoms with Crippen molar-refractivity contribution in [1.82, 2.24) is 4.90 Å². The molecule has 2 N–H and O–H groups in total. The van der Waals surface area contributed by atoms with Gasteiger partial charge in [0.05, 0.1) is 12.1 Å². The topological polar surface area (TPSA) is 63.4 Å². The van der Waals surface area contributed by atoms with Crippen molar-refractivity contribution in [3.63, 3.8) is 0 Å². The van der Waals surface area contributed by atoms with Crippen molar-refractivity contribution in [3.05, 3.63) is 33.3 Å². The lowest BCUT2D eigenvalue weighted by Gasteiger charge is -2.19. The van der Waals surface area contributed by atoms with E-state index in [1.54, 1.807) is 25.1 Å². The predicted octanol–water partition coefficient (Wildman–Crippen LogP) is 2.05. The van der Waals surface area contributed by atoms with Gasteiger partial charge in [-0.25, -0.2) is 0 Å². The van der Waals surface area contributed by atoms with E-state index in [1.807, 2.05) is 0 Å². The average Bonchev–Trinajstić information content (AvgIpc) is 2.28. The maximum Gasteiger partial charge on any atom is 0.255 e. The summed E-state index contributed by atoms with van der Waals surface area (Å²) in [4.78, 5) is 24.3. The molecule has 0 fully saturated rings. The first-order chi connectivity index (χ1) is 7.95. The van der Waals surface area contributed by atoms with Crippen LogP contribution in [0.5, 0.6) is 0 Å². The van der Waals surface area contributed by atoms with Crippen LogP contribution in [0.25, 0.3) is 0 Å². The van der Waals surface area contributed by atoms with Crippen molar-refractivity contribution < 1.29 is 9.59 Å². The maximum atomic E-state index is 12.1. The number of carbonyl (C=O) groups is 2. The summed E-state index contributed by atoms with van der Waals surface area (Å²) in [6, 6.07) is 4.91. The minimum atomic E-state index is -0.543. The van der Waals surface area contributed by atoms with Gasteiger partial charge >= 0.3 is 0 Å². The minimum Gasteiger partial charge on any atom is -0.368 e. The molecule has 0 saturated carbocycles. The van der Waals surface area contributed by atoms with Gasteiger partial charge < -0.3 is 10.6 Å². The van der Waals surface area contributed by atoms with Crippen molar-refractivity contribution in [3.8, 4) is 0 Å². The molecule has 0 unspecified atom stereocenters. The lowest BCUT2D eigenvalue weighted by atomic mass is 10.2. The van der Waals surface area contributed by atoms with Crippen LogP contribution >= 0.6 is 27.5 Å². The summed E-state index contributed by atoms with van der Waals surface area (Å²) in [6.07, 6.45) is 0. The highest BCUT2D eigenvalue weighted by Crippen LogP contribution is 2.22. The average molecular weight is 320 g/mol. The highest BCUT2D eigenvalue weighted by Gasteiger charge is 2.18. The molecular formula is C11H12BrClN2O2. The molecule has 0 aromatic heterocycles. The van der Waals surface area contributed by atoms with Crippen LogP contribution in [-0.2, 0) is 4.79 Å². The standard InChI is InChI=1S/C11H12BrClN2O2/c1-2-15(6-10(14)16)11(17)8-5-7(13)3-4-9(8)12/h3-5H,2,6H2,1H3,(H2,14,16). The Bertz CT molecular complexity index is 451. The van der Waals surface area contributed by atoms with Gasteiger partial charge in [0.15, 0.2) is 0 Å². The zero-order valence-corrected chi connectivity index (χ0v) is 11.6. The molecule has 0 aliphatic rings. The Morgan fingerprint density at radius 2 is 2.12 bits per heavy atom. The smallest absolute Gasteiger partial charge is 0.255 e. The molecule has 0 aliphatic heterocycles. The van der Waals surface area contributed by atoms with E-state index < -0.39 is 5.91 Å². The van der Waals surface area contributed by atoms with Gasteiger partial charge in [-0.05, 0) is 41.1 Å². The van der Waals surface area contributed by atoms with Gasteiger partial charge in [0.2, 0.25) is 5.91 Å². The Balaban J connectivity index is 3.01. The Labute approximate surface area is 113 Å². The number of primary amides is 1. The van der Waals surface area contributed by atoms with Crippen LogP contribution in [0.2, 0.25) is 5.02 Å². The van der Waals surface area contributed by atoms with E-state index in [-0.39, 0.29) is 12.5 Å². The number of halogens is 2. The first kappa shape index (κ1) is 14.0. The second kappa shape index (κ2) is 6.02. The van der Waals surface area contributed by atoms with Crippen LogP contribution in [0.15, 0.2) is 22.7 Å². The summed E-state index contributed by atoms with van der Waals surface area (Å²) in [5.41, 5.74) is 5.50. The van der Waals surface area contributed by atoms with Crippen molar-refractivity contribution in [2.45, 2.75) is 6.92 Å². The van der Waals surface area contributed by atoms with E-state index in [9.17, 15) is 9.59 Å². The van der Waals surface area contributed by atoms with Crippen LogP contribution in [0.3, 0.4) is 0 Å². The fraction of sp³-hybridized carbons (Fsp3) is 0.273. The number of rotatable bonds is 4. The van der Waals surface area contributed by atoms with E-state index in [0.29, 0.717) is 21.6 Å². The third-order valence-electron chi connectivity index (χ3n) is 2.17. The van der Waals surface area contributed by atoms with Gasteiger partial charge in [0.1, 0.15) is 0 Å². The number of hydrogen-bond donors (Lipinski definition) is 1. The Morgan fingerprint density at radius 1 is 1.47 bits per heavy atom.